The van der Waals surface area contributed by atoms with E-state index in [0.717, 1.165) is 6.42 Å². The van der Waals surface area contributed by atoms with E-state index in [0.29, 0.717) is 6.10 Å². The van der Waals surface area contributed by atoms with Crippen molar-refractivity contribution in [3.8, 4) is 0 Å². The second-order valence-electron chi connectivity index (χ2n) is 3.34. The van der Waals surface area contributed by atoms with Gasteiger partial charge in [-0.15, -0.1) is 0 Å². The normalized spacial score (nSPS) is 47.1. The van der Waals surface area contributed by atoms with Gasteiger partial charge >= 0.3 is 0 Å². The predicted molar refractivity (Wildman–Crippen MR) is 37.8 cm³/mol. The van der Waals surface area contributed by atoms with Crippen LogP contribution in [0.2, 0.25) is 0 Å². The highest BCUT2D eigenvalue weighted by atomic mass is 16.6. The minimum Gasteiger partial charge on any atom is -0.390 e. The van der Waals surface area contributed by atoms with Crippen LogP contribution in [0.3, 0.4) is 0 Å². The van der Waals surface area contributed by atoms with Crippen LogP contribution >= 0.6 is 0 Å². The van der Waals surface area contributed by atoms with Crippen LogP contribution in [0.25, 0.3) is 0 Å². The Bertz CT molecular complexity index is 124. The molecular formula is C8H14O2. The summed E-state index contributed by atoms with van der Waals surface area (Å²) in [6.45, 7) is 0. The minimum absolute atomic E-state index is 0.162. The molecule has 2 fully saturated rings. The fourth-order valence-electron chi connectivity index (χ4n) is 1.77. The molecule has 0 aromatic rings. The summed E-state index contributed by atoms with van der Waals surface area (Å²) < 4.78 is 5.30. The fraction of sp³-hybridized carbons (Fsp3) is 1.00. The third kappa shape index (κ3) is 1.18. The molecule has 2 heteroatoms. The Morgan fingerprint density at radius 3 is 2.80 bits per heavy atom. The van der Waals surface area contributed by atoms with E-state index in [2.05, 4.69) is 0 Å². The van der Waals surface area contributed by atoms with Gasteiger partial charge in [-0.1, -0.05) is 19.3 Å². The first-order valence-corrected chi connectivity index (χ1v) is 4.21. The molecule has 1 N–H and O–H groups in total. The summed E-state index contributed by atoms with van der Waals surface area (Å²) in [7, 11) is 0. The van der Waals surface area contributed by atoms with Gasteiger partial charge in [0.1, 0.15) is 6.10 Å². The van der Waals surface area contributed by atoms with Crippen LogP contribution in [0, 0.1) is 0 Å². The maximum absolute atomic E-state index is 9.40. The number of aliphatic hydroxyl groups is 1. The van der Waals surface area contributed by atoms with Gasteiger partial charge < -0.3 is 9.84 Å². The largest absolute Gasteiger partial charge is 0.390 e. The Morgan fingerprint density at radius 2 is 1.90 bits per heavy atom. The zero-order valence-electron chi connectivity index (χ0n) is 6.12. The summed E-state index contributed by atoms with van der Waals surface area (Å²) in [5, 5.41) is 9.40. The van der Waals surface area contributed by atoms with Crippen molar-refractivity contribution >= 4 is 0 Å². The van der Waals surface area contributed by atoms with E-state index in [1.54, 1.807) is 0 Å². The number of fused-ring (bicyclic) bond motifs is 1. The molecule has 1 saturated carbocycles. The molecule has 0 aromatic carbocycles. The lowest BCUT2D eigenvalue weighted by Crippen LogP contribution is -2.18. The number of hydrogen-bond donors (Lipinski definition) is 1. The van der Waals surface area contributed by atoms with Gasteiger partial charge in [-0.2, -0.15) is 0 Å². The summed E-state index contributed by atoms with van der Waals surface area (Å²) in [4.78, 5) is 0. The standard InChI is InChI=1S/C8H14O2/c9-6-4-2-1-3-5-7-8(6)10-7/h6-9H,1-5H2/t6?,7-,8-/m0/s1. The van der Waals surface area contributed by atoms with Crippen LogP contribution < -0.4 is 0 Å². The Kier molecular flexibility index (Phi) is 1.66. The Morgan fingerprint density at radius 1 is 1.10 bits per heavy atom. The van der Waals surface area contributed by atoms with Crippen LogP contribution in [0.5, 0.6) is 0 Å². The minimum atomic E-state index is -0.162. The highest BCUT2D eigenvalue weighted by Crippen LogP contribution is 2.34. The molecule has 0 spiro atoms. The van der Waals surface area contributed by atoms with E-state index in [1.165, 1.54) is 25.7 Å². The van der Waals surface area contributed by atoms with Crippen LogP contribution in [-0.4, -0.2) is 23.4 Å². The molecule has 2 aliphatic rings. The molecule has 2 nitrogen and oxygen atoms in total. The van der Waals surface area contributed by atoms with Crippen molar-refractivity contribution in [1.82, 2.24) is 0 Å². The lowest BCUT2D eigenvalue weighted by atomic mass is 9.99. The van der Waals surface area contributed by atoms with Gasteiger partial charge in [0.25, 0.3) is 0 Å². The van der Waals surface area contributed by atoms with Crippen LogP contribution in [0.15, 0.2) is 0 Å². The third-order valence-corrected chi connectivity index (χ3v) is 2.49. The lowest BCUT2D eigenvalue weighted by Gasteiger charge is -2.09. The van der Waals surface area contributed by atoms with E-state index in [4.69, 9.17) is 4.74 Å². The molecule has 3 atom stereocenters. The quantitative estimate of drug-likeness (QED) is 0.513. The van der Waals surface area contributed by atoms with Gasteiger partial charge in [-0.25, -0.2) is 0 Å². The molecule has 1 saturated heterocycles. The van der Waals surface area contributed by atoms with Crippen molar-refractivity contribution in [2.45, 2.75) is 50.4 Å². The maximum Gasteiger partial charge on any atom is 0.110 e. The first-order chi connectivity index (χ1) is 4.88. The molecule has 58 valence electrons. The molecule has 1 aliphatic heterocycles. The van der Waals surface area contributed by atoms with Gasteiger partial charge in [-0.05, 0) is 12.8 Å². The maximum atomic E-state index is 9.40. The predicted octanol–water partition coefficient (Wildman–Crippen LogP) is 1.08. The average Bonchev–Trinajstić information content (AvgIpc) is 2.62. The molecule has 0 radical (unpaired) electrons. The van der Waals surface area contributed by atoms with E-state index < -0.39 is 0 Å². The highest BCUT2D eigenvalue weighted by Gasteiger charge is 2.43. The van der Waals surface area contributed by atoms with Gasteiger partial charge in [0.05, 0.1) is 12.2 Å². The summed E-state index contributed by atoms with van der Waals surface area (Å²) in [5.41, 5.74) is 0. The van der Waals surface area contributed by atoms with Crippen molar-refractivity contribution in [3.05, 3.63) is 0 Å². The molecule has 1 heterocycles. The van der Waals surface area contributed by atoms with Crippen molar-refractivity contribution in [1.29, 1.82) is 0 Å². The summed E-state index contributed by atoms with van der Waals surface area (Å²) >= 11 is 0. The smallest absolute Gasteiger partial charge is 0.110 e. The monoisotopic (exact) mass is 142 g/mol. The molecular weight excluding hydrogens is 128 g/mol. The van der Waals surface area contributed by atoms with Crippen LogP contribution in [0.1, 0.15) is 32.1 Å². The van der Waals surface area contributed by atoms with Crippen molar-refractivity contribution in [2.24, 2.45) is 0 Å². The third-order valence-electron chi connectivity index (χ3n) is 2.49. The van der Waals surface area contributed by atoms with E-state index in [9.17, 15) is 5.11 Å². The number of hydrogen-bond acceptors (Lipinski definition) is 2. The molecule has 1 unspecified atom stereocenters. The zero-order valence-corrected chi connectivity index (χ0v) is 6.12. The Labute approximate surface area is 61.2 Å². The number of rotatable bonds is 0. The van der Waals surface area contributed by atoms with Crippen molar-refractivity contribution in [2.75, 3.05) is 0 Å². The van der Waals surface area contributed by atoms with E-state index >= 15 is 0 Å². The van der Waals surface area contributed by atoms with Crippen LogP contribution in [0.4, 0.5) is 0 Å². The number of ether oxygens (including phenoxy) is 1. The molecule has 2 rings (SSSR count). The van der Waals surface area contributed by atoms with E-state index in [-0.39, 0.29) is 12.2 Å². The summed E-state index contributed by atoms with van der Waals surface area (Å²) in [6, 6.07) is 0. The SMILES string of the molecule is OC1CCCCC[C@@H]2O[C@@H]12. The lowest BCUT2D eigenvalue weighted by molar-refractivity contribution is 0.124. The first kappa shape index (κ1) is 6.62. The van der Waals surface area contributed by atoms with Crippen molar-refractivity contribution in [3.63, 3.8) is 0 Å². The van der Waals surface area contributed by atoms with Gasteiger partial charge in [-0.3, -0.25) is 0 Å². The zero-order chi connectivity index (χ0) is 6.97. The Hall–Kier alpha value is -0.0800. The molecule has 0 bridgehead atoms. The number of epoxide rings is 1. The summed E-state index contributed by atoms with van der Waals surface area (Å²) in [5.74, 6) is 0. The highest BCUT2D eigenvalue weighted by molar-refractivity contribution is 4.91. The topological polar surface area (TPSA) is 32.8 Å². The summed E-state index contributed by atoms with van der Waals surface area (Å²) in [6.07, 6.45) is 6.30. The average molecular weight is 142 g/mol. The number of aliphatic hydroxyl groups excluding tert-OH is 1. The molecule has 10 heavy (non-hydrogen) atoms. The van der Waals surface area contributed by atoms with Gasteiger partial charge in [0, 0.05) is 0 Å². The Balaban J connectivity index is 1.88. The first-order valence-electron chi connectivity index (χ1n) is 4.21. The van der Waals surface area contributed by atoms with Crippen molar-refractivity contribution < 1.29 is 9.84 Å². The molecule has 0 amide bonds. The van der Waals surface area contributed by atoms with Gasteiger partial charge in [0.2, 0.25) is 0 Å². The second kappa shape index (κ2) is 2.51. The molecule has 1 aliphatic carbocycles. The second-order valence-corrected chi connectivity index (χ2v) is 3.34. The fourth-order valence-corrected chi connectivity index (χ4v) is 1.77. The van der Waals surface area contributed by atoms with Gasteiger partial charge in [0.15, 0.2) is 0 Å². The molecule has 0 aromatic heterocycles. The van der Waals surface area contributed by atoms with E-state index in [1.807, 2.05) is 0 Å². The van der Waals surface area contributed by atoms with Crippen LogP contribution in [-0.2, 0) is 4.74 Å².